The molecule has 1 aliphatic heterocycles. The largest absolute Gasteiger partial charge is 0.322 e. The van der Waals surface area contributed by atoms with Crippen LogP contribution in [0.1, 0.15) is 32.4 Å². The molecule has 0 aliphatic carbocycles. The van der Waals surface area contributed by atoms with Crippen molar-refractivity contribution in [2.75, 3.05) is 5.75 Å². The van der Waals surface area contributed by atoms with E-state index in [1.807, 2.05) is 47.4 Å². The highest BCUT2D eigenvalue weighted by atomic mass is 35.5. The molecule has 4 rings (SSSR count). The molecular formula is C24H19Cl2N3O2S. The van der Waals surface area contributed by atoms with Gasteiger partial charge in [-0.2, -0.15) is 5.10 Å². The van der Waals surface area contributed by atoms with Crippen LogP contribution in [-0.2, 0) is 11.3 Å². The highest BCUT2D eigenvalue weighted by molar-refractivity contribution is 8.00. The normalized spacial score (nSPS) is 16.0. The second kappa shape index (κ2) is 10.2. The van der Waals surface area contributed by atoms with Gasteiger partial charge in [0.2, 0.25) is 5.91 Å². The lowest BCUT2D eigenvalue weighted by molar-refractivity contribution is -0.128. The molecule has 8 heteroatoms. The molecule has 1 heterocycles. The zero-order valence-electron chi connectivity index (χ0n) is 16.9. The van der Waals surface area contributed by atoms with Crippen molar-refractivity contribution in [2.45, 2.75) is 11.9 Å². The topological polar surface area (TPSA) is 61.8 Å². The minimum atomic E-state index is -0.354. The lowest BCUT2D eigenvalue weighted by atomic mass is 10.1. The van der Waals surface area contributed by atoms with E-state index in [0.717, 1.165) is 11.1 Å². The summed E-state index contributed by atoms with van der Waals surface area (Å²) in [4.78, 5) is 26.7. The number of rotatable bonds is 6. The number of hydrazone groups is 1. The second-order valence-electron chi connectivity index (χ2n) is 7.13. The van der Waals surface area contributed by atoms with Gasteiger partial charge in [0.1, 0.15) is 5.37 Å². The van der Waals surface area contributed by atoms with E-state index in [2.05, 4.69) is 10.5 Å². The second-order valence-corrected chi connectivity index (χ2v) is 9.01. The van der Waals surface area contributed by atoms with Gasteiger partial charge in [0.25, 0.3) is 5.91 Å². The minimum Gasteiger partial charge on any atom is -0.322 e. The maximum absolute atomic E-state index is 12.4. The van der Waals surface area contributed by atoms with Crippen molar-refractivity contribution in [3.8, 4) is 0 Å². The van der Waals surface area contributed by atoms with Gasteiger partial charge >= 0.3 is 0 Å². The highest BCUT2D eigenvalue weighted by Crippen LogP contribution is 2.39. The fourth-order valence-corrected chi connectivity index (χ4v) is 5.02. The van der Waals surface area contributed by atoms with Crippen LogP contribution in [0.25, 0.3) is 0 Å². The fraction of sp³-hybridized carbons (Fsp3) is 0.125. The Morgan fingerprint density at radius 2 is 1.72 bits per heavy atom. The molecule has 1 aliphatic rings. The summed E-state index contributed by atoms with van der Waals surface area (Å²) < 4.78 is 0. The first kappa shape index (κ1) is 22.4. The van der Waals surface area contributed by atoms with Crippen molar-refractivity contribution >= 4 is 53.0 Å². The van der Waals surface area contributed by atoms with Gasteiger partial charge in [-0.3, -0.25) is 9.59 Å². The molecule has 162 valence electrons. The molecule has 0 radical (unpaired) electrons. The van der Waals surface area contributed by atoms with Crippen LogP contribution in [0.2, 0.25) is 10.0 Å². The van der Waals surface area contributed by atoms with Gasteiger partial charge in [-0.05, 0) is 35.4 Å². The Kier molecular flexibility index (Phi) is 7.15. The zero-order chi connectivity index (χ0) is 22.5. The summed E-state index contributed by atoms with van der Waals surface area (Å²) in [6.07, 6.45) is 1.42. The van der Waals surface area contributed by atoms with E-state index >= 15 is 0 Å². The van der Waals surface area contributed by atoms with Gasteiger partial charge < -0.3 is 4.90 Å². The lowest BCUT2D eigenvalue weighted by Crippen LogP contribution is -2.27. The van der Waals surface area contributed by atoms with E-state index in [-0.39, 0.29) is 17.2 Å². The number of hydrogen-bond acceptors (Lipinski definition) is 4. The van der Waals surface area contributed by atoms with Crippen molar-refractivity contribution in [3.63, 3.8) is 0 Å². The molecule has 1 atom stereocenters. The first-order valence-electron chi connectivity index (χ1n) is 9.85. The first-order chi connectivity index (χ1) is 15.5. The fourth-order valence-electron chi connectivity index (χ4n) is 3.33. The van der Waals surface area contributed by atoms with Crippen LogP contribution in [0.3, 0.4) is 0 Å². The van der Waals surface area contributed by atoms with Crippen LogP contribution >= 0.6 is 35.0 Å². The SMILES string of the molecule is O=C(NN=Cc1c(Cl)cccc1Cl)c1ccc(C2SCC(=O)N2Cc2ccccc2)cc1. The van der Waals surface area contributed by atoms with Crippen molar-refractivity contribution in [1.29, 1.82) is 0 Å². The van der Waals surface area contributed by atoms with Crippen LogP contribution in [-0.4, -0.2) is 28.7 Å². The quantitative estimate of drug-likeness (QED) is 0.370. The molecule has 2 amide bonds. The molecule has 0 aromatic heterocycles. The number of halogens is 2. The van der Waals surface area contributed by atoms with Gasteiger partial charge in [0.15, 0.2) is 0 Å². The number of benzene rings is 3. The summed E-state index contributed by atoms with van der Waals surface area (Å²) in [6, 6.07) is 22.2. The summed E-state index contributed by atoms with van der Waals surface area (Å²) in [5, 5.41) is 4.77. The Bertz CT molecular complexity index is 1130. The molecule has 0 saturated carbocycles. The number of carbonyl (C=O) groups excluding carboxylic acids is 2. The Labute approximate surface area is 200 Å². The van der Waals surface area contributed by atoms with Gasteiger partial charge in [-0.15, -0.1) is 11.8 Å². The highest BCUT2D eigenvalue weighted by Gasteiger charge is 2.32. The third-order valence-corrected chi connectivity index (χ3v) is 6.90. The monoisotopic (exact) mass is 483 g/mol. The molecule has 1 unspecified atom stereocenters. The number of amides is 2. The van der Waals surface area contributed by atoms with Gasteiger partial charge in [-0.25, -0.2) is 5.43 Å². The first-order valence-corrected chi connectivity index (χ1v) is 11.7. The summed E-state index contributed by atoms with van der Waals surface area (Å²) >= 11 is 13.8. The van der Waals surface area contributed by atoms with E-state index in [1.165, 1.54) is 6.21 Å². The van der Waals surface area contributed by atoms with Crippen molar-refractivity contribution in [3.05, 3.63) is 105 Å². The van der Waals surface area contributed by atoms with Crippen molar-refractivity contribution < 1.29 is 9.59 Å². The summed E-state index contributed by atoms with van der Waals surface area (Å²) in [5.41, 5.74) is 5.53. The Morgan fingerprint density at radius 1 is 1.03 bits per heavy atom. The molecule has 3 aromatic carbocycles. The molecule has 1 fully saturated rings. The standard InChI is InChI=1S/C24H19Cl2N3O2S/c25-20-7-4-8-21(26)19(20)13-27-28-23(31)17-9-11-18(12-10-17)24-29(22(30)15-32-24)14-16-5-2-1-3-6-16/h1-13,24H,14-15H2,(H,28,31). The minimum absolute atomic E-state index is 0.0831. The predicted octanol–water partition coefficient (Wildman–Crippen LogP) is 5.53. The van der Waals surface area contributed by atoms with E-state index < -0.39 is 0 Å². The Balaban J connectivity index is 1.42. The molecule has 32 heavy (non-hydrogen) atoms. The molecular weight excluding hydrogens is 465 g/mol. The maximum Gasteiger partial charge on any atom is 0.271 e. The lowest BCUT2D eigenvalue weighted by Gasteiger charge is -2.24. The number of thioether (sulfide) groups is 1. The smallest absolute Gasteiger partial charge is 0.271 e. The number of carbonyl (C=O) groups is 2. The van der Waals surface area contributed by atoms with Gasteiger partial charge in [-0.1, -0.05) is 71.7 Å². The van der Waals surface area contributed by atoms with Crippen LogP contribution in [0.5, 0.6) is 0 Å². The van der Waals surface area contributed by atoms with E-state index in [0.29, 0.717) is 33.5 Å². The van der Waals surface area contributed by atoms with Crippen molar-refractivity contribution in [2.24, 2.45) is 5.10 Å². The number of nitrogens with zero attached hydrogens (tertiary/aromatic N) is 2. The summed E-state index contributed by atoms with van der Waals surface area (Å²) in [6.45, 7) is 0.554. The van der Waals surface area contributed by atoms with E-state index in [1.54, 1.807) is 42.1 Å². The summed E-state index contributed by atoms with van der Waals surface area (Å²) in [7, 11) is 0. The van der Waals surface area contributed by atoms with Crippen LogP contribution in [0.15, 0.2) is 77.9 Å². The molecule has 0 spiro atoms. The zero-order valence-corrected chi connectivity index (χ0v) is 19.2. The van der Waals surface area contributed by atoms with E-state index in [4.69, 9.17) is 23.2 Å². The van der Waals surface area contributed by atoms with Crippen LogP contribution in [0, 0.1) is 0 Å². The summed E-state index contributed by atoms with van der Waals surface area (Å²) in [5.74, 6) is 0.199. The van der Waals surface area contributed by atoms with Crippen molar-refractivity contribution in [1.82, 2.24) is 10.3 Å². The average molecular weight is 484 g/mol. The number of nitrogens with one attached hydrogen (secondary N) is 1. The molecule has 3 aromatic rings. The Morgan fingerprint density at radius 3 is 2.41 bits per heavy atom. The number of hydrogen-bond donors (Lipinski definition) is 1. The third kappa shape index (κ3) is 5.15. The average Bonchev–Trinajstić information content (AvgIpc) is 3.16. The van der Waals surface area contributed by atoms with Gasteiger partial charge in [0, 0.05) is 17.7 Å². The predicted molar refractivity (Wildman–Crippen MR) is 130 cm³/mol. The Hall–Kier alpha value is -2.80. The molecule has 0 bridgehead atoms. The van der Waals surface area contributed by atoms with Gasteiger partial charge in [0.05, 0.1) is 22.0 Å². The molecule has 1 saturated heterocycles. The van der Waals surface area contributed by atoms with Crippen LogP contribution < -0.4 is 5.43 Å². The van der Waals surface area contributed by atoms with Crippen LogP contribution in [0.4, 0.5) is 0 Å². The third-order valence-electron chi connectivity index (χ3n) is 4.98. The van der Waals surface area contributed by atoms with E-state index in [9.17, 15) is 9.59 Å². The maximum atomic E-state index is 12.4. The molecule has 1 N–H and O–H groups in total. The molecule has 5 nitrogen and oxygen atoms in total.